The molecule has 1 rings (SSSR count). The van der Waals surface area contributed by atoms with Crippen molar-refractivity contribution in [3.8, 4) is 0 Å². The summed E-state index contributed by atoms with van der Waals surface area (Å²) in [5, 5.41) is 36.9. The number of hydrogen-bond donors (Lipinski definition) is 4. The van der Waals surface area contributed by atoms with E-state index in [4.69, 9.17) is 10.2 Å². The van der Waals surface area contributed by atoms with Crippen molar-refractivity contribution < 1.29 is 30.0 Å². The Hall–Kier alpha value is -1.40. The standard InChI is InChI=1S/C9H12O6/c1-8(6(11)12)3-2-4-9(15,5(8)10)7(13)14/h2-3,5,10,15H,4H2,1H3,(H,11,12)(H,13,14). The first kappa shape index (κ1) is 11.7. The van der Waals surface area contributed by atoms with Gasteiger partial charge in [-0.3, -0.25) is 4.79 Å². The molecular formula is C9H12O6. The predicted molar refractivity (Wildman–Crippen MR) is 48.1 cm³/mol. The summed E-state index contributed by atoms with van der Waals surface area (Å²) >= 11 is 0. The molecule has 15 heavy (non-hydrogen) atoms. The number of aliphatic hydroxyl groups is 2. The molecular weight excluding hydrogens is 204 g/mol. The van der Waals surface area contributed by atoms with E-state index in [1.807, 2.05) is 0 Å². The van der Waals surface area contributed by atoms with Gasteiger partial charge in [0.05, 0.1) is 0 Å². The third-order valence-electron chi connectivity index (χ3n) is 2.74. The van der Waals surface area contributed by atoms with Gasteiger partial charge in [-0.15, -0.1) is 0 Å². The highest BCUT2D eigenvalue weighted by molar-refractivity contribution is 5.84. The van der Waals surface area contributed by atoms with E-state index in [0.29, 0.717) is 0 Å². The average molecular weight is 216 g/mol. The van der Waals surface area contributed by atoms with Crippen molar-refractivity contribution in [1.82, 2.24) is 0 Å². The second-order valence-corrected chi connectivity index (χ2v) is 3.83. The van der Waals surface area contributed by atoms with Crippen LogP contribution in [-0.4, -0.2) is 44.1 Å². The van der Waals surface area contributed by atoms with Gasteiger partial charge in [-0.25, -0.2) is 4.79 Å². The molecule has 84 valence electrons. The topological polar surface area (TPSA) is 115 Å². The molecule has 0 fully saturated rings. The van der Waals surface area contributed by atoms with Crippen LogP contribution in [0.3, 0.4) is 0 Å². The van der Waals surface area contributed by atoms with Crippen molar-refractivity contribution >= 4 is 11.9 Å². The van der Waals surface area contributed by atoms with Crippen molar-refractivity contribution in [3.05, 3.63) is 12.2 Å². The zero-order valence-electron chi connectivity index (χ0n) is 8.04. The maximum atomic E-state index is 10.9. The third kappa shape index (κ3) is 1.51. The van der Waals surface area contributed by atoms with E-state index >= 15 is 0 Å². The first-order valence-corrected chi connectivity index (χ1v) is 4.30. The molecule has 0 spiro atoms. The number of carboxylic acids is 2. The first-order valence-electron chi connectivity index (χ1n) is 4.30. The van der Waals surface area contributed by atoms with Crippen molar-refractivity contribution in [3.63, 3.8) is 0 Å². The van der Waals surface area contributed by atoms with Crippen LogP contribution in [0.1, 0.15) is 13.3 Å². The lowest BCUT2D eigenvalue weighted by Crippen LogP contribution is -2.59. The highest BCUT2D eigenvalue weighted by Gasteiger charge is 2.56. The molecule has 0 heterocycles. The van der Waals surface area contributed by atoms with Gasteiger partial charge in [-0.2, -0.15) is 0 Å². The maximum Gasteiger partial charge on any atom is 0.338 e. The fourth-order valence-electron chi connectivity index (χ4n) is 1.57. The number of hydrogen-bond acceptors (Lipinski definition) is 4. The molecule has 0 bridgehead atoms. The van der Waals surface area contributed by atoms with E-state index < -0.39 is 29.1 Å². The molecule has 0 saturated carbocycles. The largest absolute Gasteiger partial charge is 0.481 e. The summed E-state index contributed by atoms with van der Waals surface area (Å²) in [5.41, 5.74) is -4.23. The smallest absolute Gasteiger partial charge is 0.338 e. The zero-order chi connectivity index (χ0) is 11.9. The van der Waals surface area contributed by atoms with Gasteiger partial charge in [0, 0.05) is 6.42 Å². The van der Waals surface area contributed by atoms with Gasteiger partial charge in [-0.05, 0) is 6.92 Å². The highest BCUT2D eigenvalue weighted by Crippen LogP contribution is 2.37. The normalized spacial score (nSPS) is 40.1. The van der Waals surface area contributed by atoms with E-state index in [2.05, 4.69) is 0 Å². The van der Waals surface area contributed by atoms with Crippen LogP contribution in [-0.2, 0) is 9.59 Å². The van der Waals surface area contributed by atoms with Crippen LogP contribution in [0.25, 0.3) is 0 Å². The minimum Gasteiger partial charge on any atom is -0.481 e. The molecule has 0 aromatic rings. The van der Waals surface area contributed by atoms with Crippen molar-refractivity contribution in [2.24, 2.45) is 5.41 Å². The Labute approximate surface area is 85.5 Å². The van der Waals surface area contributed by atoms with Crippen molar-refractivity contribution in [1.29, 1.82) is 0 Å². The summed E-state index contributed by atoms with van der Waals surface area (Å²) in [6, 6.07) is 0. The Morgan fingerprint density at radius 3 is 2.27 bits per heavy atom. The lowest BCUT2D eigenvalue weighted by atomic mass is 9.70. The second-order valence-electron chi connectivity index (χ2n) is 3.83. The molecule has 3 unspecified atom stereocenters. The summed E-state index contributed by atoms with van der Waals surface area (Å²) in [6.45, 7) is 1.16. The number of aliphatic hydroxyl groups excluding tert-OH is 1. The Bertz CT molecular complexity index is 335. The minimum atomic E-state index is -2.44. The Morgan fingerprint density at radius 1 is 1.33 bits per heavy atom. The fourth-order valence-corrected chi connectivity index (χ4v) is 1.57. The van der Waals surface area contributed by atoms with Crippen molar-refractivity contribution in [2.75, 3.05) is 0 Å². The monoisotopic (exact) mass is 216 g/mol. The van der Waals surface area contributed by atoms with E-state index in [9.17, 15) is 19.8 Å². The summed E-state index contributed by atoms with van der Waals surface area (Å²) in [5.74, 6) is -3.02. The summed E-state index contributed by atoms with van der Waals surface area (Å²) < 4.78 is 0. The van der Waals surface area contributed by atoms with Crippen LogP contribution in [0.15, 0.2) is 12.2 Å². The van der Waals surface area contributed by atoms with Gasteiger partial charge in [-0.1, -0.05) is 12.2 Å². The van der Waals surface area contributed by atoms with Crippen LogP contribution in [0.4, 0.5) is 0 Å². The second kappa shape index (κ2) is 3.32. The van der Waals surface area contributed by atoms with E-state index in [0.717, 1.165) is 6.92 Å². The van der Waals surface area contributed by atoms with Crippen LogP contribution in [0.2, 0.25) is 0 Å². The molecule has 6 nitrogen and oxygen atoms in total. The van der Waals surface area contributed by atoms with E-state index in [1.54, 1.807) is 0 Å². The first-order chi connectivity index (χ1) is 6.75. The molecule has 4 N–H and O–H groups in total. The molecule has 0 aromatic carbocycles. The van der Waals surface area contributed by atoms with Gasteiger partial charge in [0.25, 0.3) is 0 Å². The molecule has 0 amide bonds. The predicted octanol–water partition coefficient (Wildman–Crippen LogP) is -0.786. The highest BCUT2D eigenvalue weighted by atomic mass is 16.4. The number of carboxylic acid groups (broad SMARTS) is 2. The lowest BCUT2D eigenvalue weighted by Gasteiger charge is -2.39. The Balaban J connectivity index is 3.20. The van der Waals surface area contributed by atoms with Gasteiger partial charge in [0.1, 0.15) is 11.5 Å². The number of rotatable bonds is 2. The van der Waals surface area contributed by atoms with E-state index in [1.165, 1.54) is 12.2 Å². The molecule has 0 saturated heterocycles. The number of carbonyl (C=O) groups is 2. The van der Waals surface area contributed by atoms with Gasteiger partial charge in [0.15, 0.2) is 5.60 Å². The lowest BCUT2D eigenvalue weighted by molar-refractivity contribution is -0.188. The van der Waals surface area contributed by atoms with Gasteiger partial charge < -0.3 is 20.4 Å². The molecule has 6 heteroatoms. The minimum absolute atomic E-state index is 0.313. The fraction of sp³-hybridized carbons (Fsp3) is 0.556. The van der Waals surface area contributed by atoms with Crippen molar-refractivity contribution in [2.45, 2.75) is 25.0 Å². The summed E-state index contributed by atoms with van der Waals surface area (Å²) in [4.78, 5) is 21.6. The number of aliphatic carboxylic acids is 2. The molecule has 1 aliphatic rings. The molecule has 0 radical (unpaired) electrons. The molecule has 0 aliphatic heterocycles. The Morgan fingerprint density at radius 2 is 1.87 bits per heavy atom. The maximum absolute atomic E-state index is 10.9. The summed E-state index contributed by atoms with van der Waals surface area (Å²) in [6.07, 6.45) is 0.239. The molecule has 0 aromatic heterocycles. The molecule has 3 atom stereocenters. The quantitative estimate of drug-likeness (QED) is 0.450. The van der Waals surface area contributed by atoms with Crippen LogP contribution in [0.5, 0.6) is 0 Å². The summed E-state index contributed by atoms with van der Waals surface area (Å²) in [7, 11) is 0. The van der Waals surface area contributed by atoms with Gasteiger partial charge in [0.2, 0.25) is 0 Å². The zero-order valence-corrected chi connectivity index (χ0v) is 8.04. The van der Waals surface area contributed by atoms with Crippen LogP contribution >= 0.6 is 0 Å². The average Bonchev–Trinajstić information content (AvgIpc) is 2.13. The van der Waals surface area contributed by atoms with E-state index in [-0.39, 0.29) is 6.42 Å². The third-order valence-corrected chi connectivity index (χ3v) is 2.74. The van der Waals surface area contributed by atoms with Gasteiger partial charge >= 0.3 is 11.9 Å². The SMILES string of the molecule is CC1(C(=O)O)C=CCC(O)(C(=O)O)C1O. The Kier molecular flexibility index (Phi) is 2.58. The molecule has 1 aliphatic carbocycles. The van der Waals surface area contributed by atoms with Crippen LogP contribution < -0.4 is 0 Å². The van der Waals surface area contributed by atoms with Crippen LogP contribution in [0, 0.1) is 5.41 Å².